The summed E-state index contributed by atoms with van der Waals surface area (Å²) in [5, 5.41) is 8.55. The second-order valence-corrected chi connectivity index (χ2v) is 4.41. The molecule has 0 aliphatic carbocycles. The van der Waals surface area contributed by atoms with Crippen molar-refractivity contribution in [2.75, 3.05) is 0 Å². The Bertz CT molecular complexity index is 399. The van der Waals surface area contributed by atoms with Crippen molar-refractivity contribution in [1.82, 2.24) is 4.57 Å². The molecule has 70 valence electrons. The number of aromatic nitrogens is 1. The fourth-order valence-electron chi connectivity index (χ4n) is 0.792. The Morgan fingerprint density at radius 1 is 1.54 bits per heavy atom. The Labute approximate surface area is 101 Å². The van der Waals surface area contributed by atoms with Crippen LogP contribution >= 0.6 is 45.2 Å². The molecule has 0 aliphatic heterocycles. The SMILES string of the molecule is O=C(O)Cn1ccc(=O)c(I)c1I. The molecular formula is C7H5I2NO3. The summed E-state index contributed by atoms with van der Waals surface area (Å²) in [6.07, 6.45) is 1.49. The molecule has 4 nitrogen and oxygen atoms in total. The van der Waals surface area contributed by atoms with Crippen molar-refractivity contribution in [3.05, 3.63) is 29.8 Å². The van der Waals surface area contributed by atoms with Gasteiger partial charge >= 0.3 is 5.97 Å². The van der Waals surface area contributed by atoms with Crippen LogP contribution in [0.1, 0.15) is 0 Å². The Kier molecular flexibility index (Phi) is 3.71. The van der Waals surface area contributed by atoms with Crippen molar-refractivity contribution < 1.29 is 9.90 Å². The molecule has 1 aromatic heterocycles. The van der Waals surface area contributed by atoms with Crippen molar-refractivity contribution in [3.63, 3.8) is 0 Å². The highest BCUT2D eigenvalue weighted by Crippen LogP contribution is 2.10. The van der Waals surface area contributed by atoms with Crippen LogP contribution in [0.5, 0.6) is 0 Å². The highest BCUT2D eigenvalue weighted by molar-refractivity contribution is 14.1. The Morgan fingerprint density at radius 3 is 2.69 bits per heavy atom. The zero-order valence-electron chi connectivity index (χ0n) is 6.33. The van der Waals surface area contributed by atoms with Gasteiger partial charge in [-0.1, -0.05) is 0 Å². The van der Waals surface area contributed by atoms with Crippen LogP contribution in [0.3, 0.4) is 0 Å². The molecule has 0 aliphatic rings. The molecule has 0 saturated heterocycles. The van der Waals surface area contributed by atoms with Crippen LogP contribution < -0.4 is 5.43 Å². The van der Waals surface area contributed by atoms with E-state index in [4.69, 9.17) is 5.11 Å². The molecule has 0 bridgehead atoms. The molecule has 0 atom stereocenters. The quantitative estimate of drug-likeness (QED) is 0.594. The first-order valence-corrected chi connectivity index (χ1v) is 5.44. The molecule has 0 saturated carbocycles. The van der Waals surface area contributed by atoms with Crippen molar-refractivity contribution in [1.29, 1.82) is 0 Å². The summed E-state index contributed by atoms with van der Waals surface area (Å²) in [7, 11) is 0. The summed E-state index contributed by atoms with van der Waals surface area (Å²) < 4.78 is 2.74. The first-order valence-electron chi connectivity index (χ1n) is 3.28. The van der Waals surface area contributed by atoms with Gasteiger partial charge in [-0.25, -0.2) is 0 Å². The maximum absolute atomic E-state index is 11.1. The predicted octanol–water partition coefficient (Wildman–Crippen LogP) is 1.14. The second-order valence-electron chi connectivity index (χ2n) is 2.31. The molecule has 0 spiro atoms. The van der Waals surface area contributed by atoms with Crippen molar-refractivity contribution in [3.8, 4) is 0 Å². The standard InChI is InChI=1S/C7H5I2NO3/c8-6-4(11)1-2-10(7(6)9)3-5(12)13/h1-2H,3H2,(H,12,13). The minimum absolute atomic E-state index is 0.0772. The third kappa shape index (κ3) is 2.66. The topological polar surface area (TPSA) is 59.3 Å². The first-order chi connectivity index (χ1) is 6.02. The molecule has 1 N–H and O–H groups in total. The maximum atomic E-state index is 11.1. The number of hydrogen-bond acceptors (Lipinski definition) is 2. The number of carbonyl (C=O) groups is 1. The van der Waals surface area contributed by atoms with Crippen LogP contribution in [0.25, 0.3) is 0 Å². The number of pyridine rings is 1. The smallest absolute Gasteiger partial charge is 0.323 e. The number of carboxylic acids is 1. The highest BCUT2D eigenvalue weighted by Gasteiger charge is 2.07. The molecule has 1 aromatic rings. The molecular weight excluding hydrogens is 400 g/mol. The Morgan fingerprint density at radius 2 is 2.15 bits per heavy atom. The van der Waals surface area contributed by atoms with Crippen molar-refractivity contribution >= 4 is 51.2 Å². The monoisotopic (exact) mass is 405 g/mol. The molecule has 0 amide bonds. The van der Waals surface area contributed by atoms with E-state index in [1.165, 1.54) is 16.8 Å². The van der Waals surface area contributed by atoms with Crippen molar-refractivity contribution in [2.45, 2.75) is 6.54 Å². The Hall–Kier alpha value is -0.120. The van der Waals surface area contributed by atoms with E-state index in [1.54, 1.807) is 0 Å². The summed E-state index contributed by atoms with van der Waals surface area (Å²) in [4.78, 5) is 21.5. The maximum Gasteiger partial charge on any atom is 0.323 e. The number of rotatable bonds is 2. The number of halogens is 2. The fraction of sp³-hybridized carbons (Fsp3) is 0.143. The van der Waals surface area contributed by atoms with Crippen LogP contribution in [-0.4, -0.2) is 15.6 Å². The van der Waals surface area contributed by atoms with Gasteiger partial charge in [0.25, 0.3) is 0 Å². The minimum atomic E-state index is -0.919. The number of hydrogen-bond donors (Lipinski definition) is 1. The van der Waals surface area contributed by atoms with Gasteiger partial charge in [0, 0.05) is 12.3 Å². The van der Waals surface area contributed by atoms with Crippen LogP contribution in [-0.2, 0) is 11.3 Å². The lowest BCUT2D eigenvalue weighted by atomic mass is 10.4. The molecule has 1 heterocycles. The zero-order valence-corrected chi connectivity index (χ0v) is 10.6. The predicted molar refractivity (Wildman–Crippen MR) is 63.8 cm³/mol. The van der Waals surface area contributed by atoms with Crippen molar-refractivity contribution in [2.24, 2.45) is 0 Å². The number of carboxylic acid groups (broad SMARTS) is 1. The lowest BCUT2D eigenvalue weighted by molar-refractivity contribution is -0.137. The van der Waals surface area contributed by atoms with E-state index in [9.17, 15) is 9.59 Å². The van der Waals surface area contributed by atoms with Crippen LogP contribution in [0, 0.1) is 7.27 Å². The molecule has 0 radical (unpaired) electrons. The van der Waals surface area contributed by atoms with E-state index in [0.29, 0.717) is 7.27 Å². The third-order valence-electron chi connectivity index (χ3n) is 1.36. The van der Waals surface area contributed by atoms with Gasteiger partial charge in [-0.3, -0.25) is 9.59 Å². The number of nitrogens with zero attached hydrogens (tertiary/aromatic N) is 1. The summed E-state index contributed by atoms with van der Waals surface area (Å²) in [5.74, 6) is -0.919. The molecule has 13 heavy (non-hydrogen) atoms. The summed E-state index contributed by atoms with van der Waals surface area (Å²) >= 11 is 3.86. The van der Waals surface area contributed by atoms with Gasteiger partial charge in [0.15, 0.2) is 5.43 Å². The number of aliphatic carboxylic acids is 1. The molecule has 1 rings (SSSR count). The average molecular weight is 405 g/mol. The zero-order chi connectivity index (χ0) is 10.0. The van der Waals surface area contributed by atoms with E-state index in [2.05, 4.69) is 0 Å². The van der Waals surface area contributed by atoms with Crippen LogP contribution in [0.15, 0.2) is 17.1 Å². The highest BCUT2D eigenvalue weighted by atomic mass is 127. The van der Waals surface area contributed by atoms with E-state index >= 15 is 0 Å². The van der Waals surface area contributed by atoms with Crippen LogP contribution in [0.4, 0.5) is 0 Å². The summed E-state index contributed by atoms with van der Waals surface area (Å²) in [6, 6.07) is 1.37. The summed E-state index contributed by atoms with van der Waals surface area (Å²) in [5.41, 5.74) is -0.0772. The van der Waals surface area contributed by atoms with Gasteiger partial charge in [-0.05, 0) is 45.2 Å². The molecule has 0 aromatic carbocycles. The van der Waals surface area contributed by atoms with Gasteiger partial charge < -0.3 is 9.67 Å². The average Bonchev–Trinajstić information content (AvgIpc) is 2.06. The van der Waals surface area contributed by atoms with Gasteiger partial charge in [-0.15, -0.1) is 0 Å². The van der Waals surface area contributed by atoms with E-state index in [-0.39, 0.29) is 12.0 Å². The van der Waals surface area contributed by atoms with E-state index in [1.807, 2.05) is 45.2 Å². The second kappa shape index (κ2) is 4.40. The van der Waals surface area contributed by atoms with Gasteiger partial charge in [0.1, 0.15) is 6.54 Å². The summed E-state index contributed by atoms with van der Waals surface area (Å²) in [6.45, 7) is -0.117. The molecule has 6 heteroatoms. The largest absolute Gasteiger partial charge is 0.480 e. The third-order valence-corrected chi connectivity index (χ3v) is 4.59. The lowest BCUT2D eigenvalue weighted by Gasteiger charge is -2.06. The minimum Gasteiger partial charge on any atom is -0.480 e. The molecule has 0 fully saturated rings. The van der Waals surface area contributed by atoms with Gasteiger partial charge in [0.2, 0.25) is 0 Å². The lowest BCUT2D eigenvalue weighted by Crippen LogP contribution is -2.17. The van der Waals surface area contributed by atoms with Gasteiger partial charge in [-0.2, -0.15) is 0 Å². The molecule has 0 unspecified atom stereocenters. The van der Waals surface area contributed by atoms with E-state index < -0.39 is 5.97 Å². The van der Waals surface area contributed by atoms with Gasteiger partial charge in [0.05, 0.1) is 7.27 Å². The normalized spacial score (nSPS) is 10.0. The van der Waals surface area contributed by atoms with Crippen LogP contribution in [0.2, 0.25) is 0 Å². The Balaban J connectivity index is 3.18. The van der Waals surface area contributed by atoms with E-state index in [0.717, 1.165) is 0 Å². The first kappa shape index (κ1) is 11.0. The fourth-order valence-corrected chi connectivity index (χ4v) is 1.88.